The third-order valence-electron chi connectivity index (χ3n) is 5.19. The van der Waals surface area contributed by atoms with E-state index in [0.29, 0.717) is 31.8 Å². The number of hydrogen-bond acceptors (Lipinski definition) is 2. The van der Waals surface area contributed by atoms with E-state index < -0.39 is 11.4 Å². The van der Waals surface area contributed by atoms with Crippen LogP contribution in [0.15, 0.2) is 0 Å². The molecule has 2 aliphatic rings. The summed E-state index contributed by atoms with van der Waals surface area (Å²) in [5.74, 6) is -0.0826. The van der Waals surface area contributed by atoms with Gasteiger partial charge in [0.15, 0.2) is 0 Å². The van der Waals surface area contributed by atoms with Crippen molar-refractivity contribution in [2.24, 2.45) is 11.3 Å². The van der Waals surface area contributed by atoms with Gasteiger partial charge in [-0.25, -0.2) is 4.79 Å². The highest BCUT2D eigenvalue weighted by Crippen LogP contribution is 2.36. The minimum absolute atomic E-state index is 0.0358. The van der Waals surface area contributed by atoms with E-state index in [4.69, 9.17) is 0 Å². The largest absolute Gasteiger partial charge is 0.481 e. The lowest BCUT2D eigenvalue weighted by Crippen LogP contribution is -2.50. The van der Waals surface area contributed by atoms with Gasteiger partial charge in [0, 0.05) is 25.7 Å². The fraction of sp³-hybridized carbons (Fsp3) is 0.875. The van der Waals surface area contributed by atoms with Crippen LogP contribution >= 0.6 is 0 Å². The Hall–Kier alpha value is -1.26. The maximum absolute atomic E-state index is 12.7. The molecule has 21 heavy (non-hydrogen) atoms. The Morgan fingerprint density at radius 2 is 2.00 bits per heavy atom. The zero-order chi connectivity index (χ0) is 15.6. The summed E-state index contributed by atoms with van der Waals surface area (Å²) in [5, 5.41) is 9.54. The van der Waals surface area contributed by atoms with Crippen LogP contribution in [-0.2, 0) is 4.79 Å². The lowest BCUT2D eigenvalue weighted by molar-refractivity contribution is -0.148. The van der Waals surface area contributed by atoms with Crippen molar-refractivity contribution >= 4 is 12.0 Å². The highest BCUT2D eigenvalue weighted by molar-refractivity contribution is 5.80. The first-order valence-corrected chi connectivity index (χ1v) is 8.18. The number of rotatable bonds is 3. The van der Waals surface area contributed by atoms with E-state index >= 15 is 0 Å². The van der Waals surface area contributed by atoms with Gasteiger partial charge in [-0.3, -0.25) is 4.79 Å². The van der Waals surface area contributed by atoms with Gasteiger partial charge < -0.3 is 14.9 Å². The second kappa shape index (κ2) is 6.24. The van der Waals surface area contributed by atoms with Crippen LogP contribution in [-0.4, -0.2) is 52.6 Å². The Morgan fingerprint density at radius 3 is 2.57 bits per heavy atom. The molecule has 3 atom stereocenters. The zero-order valence-corrected chi connectivity index (χ0v) is 13.5. The molecule has 0 bridgehead atoms. The summed E-state index contributed by atoms with van der Waals surface area (Å²) in [7, 11) is 0. The molecule has 2 rings (SSSR count). The van der Waals surface area contributed by atoms with Crippen molar-refractivity contribution in [1.29, 1.82) is 0 Å². The third kappa shape index (κ3) is 3.16. The smallest absolute Gasteiger partial charge is 0.320 e. The molecule has 0 saturated carbocycles. The molecule has 2 amide bonds. The fourth-order valence-corrected chi connectivity index (χ4v) is 3.87. The zero-order valence-electron chi connectivity index (χ0n) is 13.5. The number of urea groups is 1. The minimum atomic E-state index is -0.750. The fourth-order valence-electron chi connectivity index (χ4n) is 3.87. The van der Waals surface area contributed by atoms with E-state index in [2.05, 4.69) is 13.8 Å². The molecule has 5 nitrogen and oxygen atoms in total. The van der Waals surface area contributed by atoms with Crippen LogP contribution in [0.2, 0.25) is 0 Å². The number of likely N-dealkylation sites (tertiary alicyclic amines) is 2. The maximum atomic E-state index is 12.7. The molecule has 5 heteroatoms. The summed E-state index contributed by atoms with van der Waals surface area (Å²) >= 11 is 0. The molecule has 2 aliphatic heterocycles. The molecule has 3 unspecified atom stereocenters. The highest BCUT2D eigenvalue weighted by atomic mass is 16.4. The van der Waals surface area contributed by atoms with Crippen molar-refractivity contribution in [2.75, 3.05) is 19.6 Å². The summed E-state index contributed by atoms with van der Waals surface area (Å²) in [5.41, 5.74) is -0.725. The SMILES string of the molecule is CCCC1(C(=O)O)CCN(C(=O)N2CCC(C)CC2C)C1. The van der Waals surface area contributed by atoms with E-state index in [1.165, 1.54) is 0 Å². The van der Waals surface area contributed by atoms with Crippen molar-refractivity contribution < 1.29 is 14.7 Å². The number of piperidine rings is 1. The lowest BCUT2D eigenvalue weighted by atomic mass is 9.83. The molecule has 2 heterocycles. The Balaban J connectivity index is 2.03. The van der Waals surface area contributed by atoms with Gasteiger partial charge in [-0.15, -0.1) is 0 Å². The van der Waals surface area contributed by atoms with Crippen LogP contribution in [0.25, 0.3) is 0 Å². The minimum Gasteiger partial charge on any atom is -0.481 e. The number of nitrogens with zero attached hydrogens (tertiary/aromatic N) is 2. The van der Waals surface area contributed by atoms with Crippen LogP contribution in [0, 0.1) is 11.3 Å². The van der Waals surface area contributed by atoms with Crippen molar-refractivity contribution in [2.45, 2.75) is 58.9 Å². The molecule has 0 aromatic rings. The summed E-state index contributed by atoms with van der Waals surface area (Å²) in [4.78, 5) is 28.0. The topological polar surface area (TPSA) is 60.9 Å². The number of amides is 2. The molecular weight excluding hydrogens is 268 g/mol. The number of carboxylic acids is 1. The lowest BCUT2D eigenvalue weighted by Gasteiger charge is -2.39. The van der Waals surface area contributed by atoms with Crippen molar-refractivity contribution in [3.8, 4) is 0 Å². The van der Waals surface area contributed by atoms with Crippen LogP contribution in [0.4, 0.5) is 4.79 Å². The number of hydrogen-bond donors (Lipinski definition) is 1. The standard InChI is InChI=1S/C16H28N2O3/c1-4-6-16(14(19)20)7-9-17(11-16)15(21)18-8-5-12(2)10-13(18)3/h12-13H,4-11H2,1-3H3,(H,19,20). The Labute approximate surface area is 127 Å². The average Bonchev–Trinajstić information content (AvgIpc) is 2.84. The van der Waals surface area contributed by atoms with Gasteiger partial charge in [0.2, 0.25) is 0 Å². The van der Waals surface area contributed by atoms with Gasteiger partial charge in [-0.1, -0.05) is 20.3 Å². The van der Waals surface area contributed by atoms with Crippen LogP contribution < -0.4 is 0 Å². The Kier molecular flexibility index (Phi) is 4.79. The first-order valence-electron chi connectivity index (χ1n) is 8.18. The van der Waals surface area contributed by atoms with Crippen molar-refractivity contribution in [3.05, 3.63) is 0 Å². The van der Waals surface area contributed by atoms with Crippen LogP contribution in [0.1, 0.15) is 52.9 Å². The second-order valence-electron chi connectivity index (χ2n) is 6.96. The van der Waals surface area contributed by atoms with Gasteiger partial charge in [0.05, 0.1) is 5.41 Å². The number of carbonyl (C=O) groups excluding carboxylic acids is 1. The summed E-state index contributed by atoms with van der Waals surface area (Å²) in [6.45, 7) is 8.07. The number of carbonyl (C=O) groups is 2. The number of carboxylic acid groups (broad SMARTS) is 1. The predicted molar refractivity (Wildman–Crippen MR) is 81.1 cm³/mol. The van der Waals surface area contributed by atoms with E-state index in [9.17, 15) is 14.7 Å². The quantitative estimate of drug-likeness (QED) is 0.871. The number of aliphatic carboxylic acids is 1. The van der Waals surface area contributed by atoms with E-state index in [-0.39, 0.29) is 12.1 Å². The summed E-state index contributed by atoms with van der Waals surface area (Å²) in [6, 6.07) is 0.292. The molecule has 0 radical (unpaired) electrons. The first kappa shape index (κ1) is 16.1. The van der Waals surface area contributed by atoms with Gasteiger partial charge >= 0.3 is 12.0 Å². The van der Waals surface area contributed by atoms with Gasteiger partial charge in [-0.2, -0.15) is 0 Å². The van der Waals surface area contributed by atoms with Crippen molar-refractivity contribution in [3.63, 3.8) is 0 Å². The molecule has 120 valence electrons. The van der Waals surface area contributed by atoms with Crippen LogP contribution in [0.3, 0.4) is 0 Å². The van der Waals surface area contributed by atoms with E-state index in [1.807, 2.05) is 11.8 Å². The predicted octanol–water partition coefficient (Wildman–Crippen LogP) is 2.80. The molecule has 2 fully saturated rings. The molecule has 0 aromatic carbocycles. The third-order valence-corrected chi connectivity index (χ3v) is 5.19. The van der Waals surface area contributed by atoms with Gasteiger partial charge in [-0.05, 0) is 38.5 Å². The Morgan fingerprint density at radius 1 is 1.29 bits per heavy atom. The molecule has 0 aliphatic carbocycles. The first-order chi connectivity index (χ1) is 9.89. The molecule has 0 aromatic heterocycles. The van der Waals surface area contributed by atoms with E-state index in [0.717, 1.165) is 25.8 Å². The van der Waals surface area contributed by atoms with Crippen molar-refractivity contribution in [1.82, 2.24) is 9.80 Å². The summed E-state index contributed by atoms with van der Waals surface area (Å²) in [6.07, 6.45) is 4.16. The van der Waals surface area contributed by atoms with Crippen LogP contribution in [0.5, 0.6) is 0 Å². The van der Waals surface area contributed by atoms with Gasteiger partial charge in [0.25, 0.3) is 0 Å². The average molecular weight is 296 g/mol. The molecule has 0 spiro atoms. The highest BCUT2D eigenvalue weighted by Gasteiger charge is 2.46. The van der Waals surface area contributed by atoms with Gasteiger partial charge in [0.1, 0.15) is 0 Å². The molecular formula is C16H28N2O3. The Bertz CT molecular complexity index is 412. The normalized spacial score (nSPS) is 33.3. The molecule has 1 N–H and O–H groups in total. The summed E-state index contributed by atoms with van der Waals surface area (Å²) < 4.78 is 0. The molecule has 2 saturated heterocycles. The monoisotopic (exact) mass is 296 g/mol. The second-order valence-corrected chi connectivity index (χ2v) is 6.96. The van der Waals surface area contributed by atoms with E-state index in [1.54, 1.807) is 4.90 Å². The maximum Gasteiger partial charge on any atom is 0.320 e.